The highest BCUT2D eigenvalue weighted by molar-refractivity contribution is 5.95. The number of benzene rings is 2. The molecule has 1 aromatic heterocycles. The van der Waals surface area contributed by atoms with Crippen LogP contribution in [0.1, 0.15) is 32.6 Å². The van der Waals surface area contributed by atoms with Crippen molar-refractivity contribution < 1.29 is 18.9 Å². The SMILES string of the molecule is Cc1cccc([N+](=O)[O-])c1C(=O)OCc1cc(=O)oc2c(C)c(C)ccc12. The molecular formula is C20H17NO6. The average Bonchev–Trinajstić information content (AvgIpc) is 2.62. The smallest absolute Gasteiger partial charge is 0.345 e. The van der Waals surface area contributed by atoms with Gasteiger partial charge in [-0.25, -0.2) is 9.59 Å². The molecule has 0 fully saturated rings. The Bertz CT molecular complexity index is 1130. The average molecular weight is 367 g/mol. The second kappa shape index (κ2) is 7.03. The monoisotopic (exact) mass is 367 g/mol. The third-order valence-electron chi connectivity index (χ3n) is 4.53. The molecule has 0 saturated heterocycles. The fourth-order valence-corrected chi connectivity index (χ4v) is 2.93. The molecule has 1 heterocycles. The Labute approximate surface area is 154 Å². The van der Waals surface area contributed by atoms with Crippen LogP contribution < -0.4 is 5.63 Å². The van der Waals surface area contributed by atoms with Crippen molar-refractivity contribution in [1.29, 1.82) is 0 Å². The minimum Gasteiger partial charge on any atom is -0.457 e. The normalized spacial score (nSPS) is 10.8. The van der Waals surface area contributed by atoms with Gasteiger partial charge < -0.3 is 9.15 Å². The van der Waals surface area contributed by atoms with E-state index in [1.807, 2.05) is 19.9 Å². The van der Waals surface area contributed by atoms with Crippen LogP contribution in [-0.4, -0.2) is 10.9 Å². The molecule has 0 unspecified atom stereocenters. The van der Waals surface area contributed by atoms with Crippen LogP contribution in [0.3, 0.4) is 0 Å². The zero-order valence-corrected chi connectivity index (χ0v) is 15.1. The third kappa shape index (κ3) is 3.44. The van der Waals surface area contributed by atoms with Gasteiger partial charge in [0.15, 0.2) is 0 Å². The lowest BCUT2D eigenvalue weighted by atomic mass is 10.0. The quantitative estimate of drug-likeness (QED) is 0.299. The van der Waals surface area contributed by atoms with Gasteiger partial charge in [0.25, 0.3) is 5.69 Å². The standard InChI is InChI=1S/C20H17NO6/c1-11-7-8-15-14(9-17(22)27-19(15)13(11)3)10-26-20(23)18-12(2)5-4-6-16(18)21(24)25/h4-9H,10H2,1-3H3. The minimum atomic E-state index is -0.815. The van der Waals surface area contributed by atoms with Crippen molar-refractivity contribution in [3.63, 3.8) is 0 Å². The van der Waals surface area contributed by atoms with Crippen LogP contribution >= 0.6 is 0 Å². The maximum Gasteiger partial charge on any atom is 0.345 e. The van der Waals surface area contributed by atoms with Gasteiger partial charge >= 0.3 is 11.6 Å². The number of fused-ring (bicyclic) bond motifs is 1. The molecule has 27 heavy (non-hydrogen) atoms. The van der Waals surface area contributed by atoms with Crippen molar-refractivity contribution in [3.05, 3.63) is 84.7 Å². The Morgan fingerprint density at radius 1 is 1.15 bits per heavy atom. The molecule has 0 saturated carbocycles. The second-order valence-corrected chi connectivity index (χ2v) is 6.28. The molecule has 7 heteroatoms. The molecule has 0 N–H and O–H groups in total. The van der Waals surface area contributed by atoms with E-state index in [4.69, 9.17) is 9.15 Å². The zero-order valence-electron chi connectivity index (χ0n) is 15.1. The molecule has 3 aromatic rings. The van der Waals surface area contributed by atoms with Crippen molar-refractivity contribution in [2.75, 3.05) is 0 Å². The van der Waals surface area contributed by atoms with Crippen molar-refractivity contribution >= 4 is 22.6 Å². The van der Waals surface area contributed by atoms with E-state index in [2.05, 4.69) is 0 Å². The predicted molar refractivity (Wildman–Crippen MR) is 98.9 cm³/mol. The van der Waals surface area contributed by atoms with Gasteiger partial charge in [0, 0.05) is 23.1 Å². The first kappa shape index (κ1) is 18.3. The number of esters is 1. The first-order valence-corrected chi connectivity index (χ1v) is 8.23. The van der Waals surface area contributed by atoms with Gasteiger partial charge in [0.05, 0.1) is 4.92 Å². The van der Waals surface area contributed by atoms with Gasteiger partial charge in [-0.3, -0.25) is 10.1 Å². The van der Waals surface area contributed by atoms with Crippen LogP contribution in [0.2, 0.25) is 0 Å². The molecule has 0 bridgehead atoms. The molecule has 3 rings (SSSR count). The van der Waals surface area contributed by atoms with E-state index in [-0.39, 0.29) is 17.9 Å². The summed E-state index contributed by atoms with van der Waals surface area (Å²) in [6.07, 6.45) is 0. The summed E-state index contributed by atoms with van der Waals surface area (Å²) in [7, 11) is 0. The van der Waals surface area contributed by atoms with Gasteiger partial charge in [0.2, 0.25) is 0 Å². The van der Waals surface area contributed by atoms with Gasteiger partial charge in [-0.15, -0.1) is 0 Å². The van der Waals surface area contributed by atoms with Crippen LogP contribution in [-0.2, 0) is 11.3 Å². The van der Waals surface area contributed by atoms with Crippen molar-refractivity contribution in [3.8, 4) is 0 Å². The number of carbonyl (C=O) groups is 1. The Kier molecular flexibility index (Phi) is 4.77. The summed E-state index contributed by atoms with van der Waals surface area (Å²) in [5, 5.41) is 11.8. The predicted octanol–water partition coefficient (Wildman–Crippen LogP) is 3.98. The van der Waals surface area contributed by atoms with Gasteiger partial charge in [-0.05, 0) is 37.5 Å². The number of nitrogens with zero attached hydrogens (tertiary/aromatic N) is 1. The molecule has 0 amide bonds. The van der Waals surface area contributed by atoms with Crippen LogP contribution in [0, 0.1) is 30.9 Å². The number of nitro groups is 1. The van der Waals surface area contributed by atoms with Crippen LogP contribution in [0.5, 0.6) is 0 Å². The molecule has 138 valence electrons. The maximum absolute atomic E-state index is 12.5. The van der Waals surface area contributed by atoms with E-state index in [0.29, 0.717) is 22.1 Å². The number of nitro benzene ring substituents is 1. The summed E-state index contributed by atoms with van der Waals surface area (Å²) >= 11 is 0. The fourth-order valence-electron chi connectivity index (χ4n) is 2.93. The number of aryl methyl sites for hydroxylation is 3. The Hall–Kier alpha value is -3.48. The first-order chi connectivity index (χ1) is 12.8. The number of hydrogen-bond donors (Lipinski definition) is 0. The summed E-state index contributed by atoms with van der Waals surface area (Å²) in [6.45, 7) is 5.14. The number of carbonyl (C=O) groups excluding carboxylic acids is 1. The summed E-state index contributed by atoms with van der Waals surface area (Å²) in [5.74, 6) is -0.815. The molecular weight excluding hydrogens is 350 g/mol. The second-order valence-electron chi connectivity index (χ2n) is 6.28. The Morgan fingerprint density at radius 3 is 2.59 bits per heavy atom. The highest BCUT2D eigenvalue weighted by Crippen LogP contribution is 2.26. The summed E-state index contributed by atoms with van der Waals surface area (Å²) < 4.78 is 10.6. The van der Waals surface area contributed by atoms with Gasteiger partial charge in [0.1, 0.15) is 17.8 Å². The molecule has 0 aliphatic rings. The lowest BCUT2D eigenvalue weighted by Gasteiger charge is -2.10. The van der Waals surface area contributed by atoms with Gasteiger partial charge in [-0.1, -0.05) is 24.3 Å². The molecule has 0 radical (unpaired) electrons. The van der Waals surface area contributed by atoms with E-state index < -0.39 is 16.5 Å². The molecule has 0 spiro atoms. The van der Waals surface area contributed by atoms with Crippen molar-refractivity contribution in [2.45, 2.75) is 27.4 Å². The summed E-state index contributed by atoms with van der Waals surface area (Å²) in [5.41, 5.74) is 2.19. The maximum atomic E-state index is 12.5. The topological polar surface area (TPSA) is 99.6 Å². The van der Waals surface area contributed by atoms with Gasteiger partial charge in [-0.2, -0.15) is 0 Å². The first-order valence-electron chi connectivity index (χ1n) is 8.23. The number of ether oxygens (including phenoxy) is 1. The third-order valence-corrected chi connectivity index (χ3v) is 4.53. The van der Waals surface area contributed by atoms with Crippen molar-refractivity contribution in [1.82, 2.24) is 0 Å². The largest absolute Gasteiger partial charge is 0.457 e. The molecule has 0 atom stereocenters. The van der Waals surface area contributed by atoms with E-state index in [1.165, 1.54) is 18.2 Å². The Balaban J connectivity index is 1.97. The zero-order chi connectivity index (χ0) is 19.7. The number of rotatable bonds is 4. The van der Waals surface area contributed by atoms with E-state index >= 15 is 0 Å². The number of hydrogen-bond acceptors (Lipinski definition) is 6. The van der Waals surface area contributed by atoms with E-state index in [1.54, 1.807) is 19.1 Å². The van der Waals surface area contributed by atoms with E-state index in [9.17, 15) is 19.7 Å². The Morgan fingerprint density at radius 2 is 1.89 bits per heavy atom. The lowest BCUT2D eigenvalue weighted by Crippen LogP contribution is -2.11. The molecule has 7 nitrogen and oxygen atoms in total. The van der Waals surface area contributed by atoms with Crippen LogP contribution in [0.15, 0.2) is 45.6 Å². The summed E-state index contributed by atoms with van der Waals surface area (Å²) in [4.78, 5) is 34.9. The fraction of sp³-hybridized carbons (Fsp3) is 0.200. The van der Waals surface area contributed by atoms with Crippen LogP contribution in [0.25, 0.3) is 11.0 Å². The minimum absolute atomic E-state index is 0.0956. The molecule has 2 aromatic carbocycles. The molecule has 0 aliphatic heterocycles. The van der Waals surface area contributed by atoms with Crippen LogP contribution in [0.4, 0.5) is 5.69 Å². The van der Waals surface area contributed by atoms with E-state index in [0.717, 1.165) is 11.1 Å². The van der Waals surface area contributed by atoms with Crippen molar-refractivity contribution in [2.24, 2.45) is 0 Å². The molecule has 0 aliphatic carbocycles. The lowest BCUT2D eigenvalue weighted by molar-refractivity contribution is -0.385. The highest BCUT2D eigenvalue weighted by Gasteiger charge is 2.24. The highest BCUT2D eigenvalue weighted by atomic mass is 16.6. The summed E-state index contributed by atoms with van der Waals surface area (Å²) in [6, 6.07) is 9.29.